The van der Waals surface area contributed by atoms with Gasteiger partial charge in [-0.25, -0.2) is 4.98 Å². The lowest BCUT2D eigenvalue weighted by atomic mass is 10.1. The summed E-state index contributed by atoms with van der Waals surface area (Å²) in [6.07, 6.45) is 0.923. The maximum absolute atomic E-state index is 12.5. The highest BCUT2D eigenvalue weighted by Crippen LogP contribution is 2.34. The van der Waals surface area contributed by atoms with Crippen LogP contribution in [0.15, 0.2) is 66.7 Å². The van der Waals surface area contributed by atoms with E-state index < -0.39 is 0 Å². The van der Waals surface area contributed by atoms with Crippen molar-refractivity contribution in [3.8, 4) is 16.3 Å². The summed E-state index contributed by atoms with van der Waals surface area (Å²) in [5.74, 6) is 0.357. The number of thiocarbonyl (C=S) groups is 1. The zero-order valence-corrected chi connectivity index (χ0v) is 18.8. The predicted octanol–water partition coefficient (Wildman–Crippen LogP) is 5.66. The molecule has 0 saturated carbocycles. The zero-order valence-electron chi connectivity index (χ0n) is 17.1. The van der Waals surface area contributed by atoms with Crippen LogP contribution in [0.5, 0.6) is 5.75 Å². The van der Waals surface area contributed by atoms with Gasteiger partial charge in [0, 0.05) is 11.1 Å². The zero-order chi connectivity index (χ0) is 21.8. The van der Waals surface area contributed by atoms with Crippen LogP contribution < -0.4 is 15.4 Å². The number of ether oxygens (including phenoxy) is 1. The van der Waals surface area contributed by atoms with E-state index in [0.29, 0.717) is 17.0 Å². The maximum atomic E-state index is 12.5. The molecule has 1 heterocycles. The number of methoxy groups -OCH3 is 1. The Balaban J connectivity index is 1.53. The average Bonchev–Trinajstić information content (AvgIpc) is 3.23. The van der Waals surface area contributed by atoms with Crippen molar-refractivity contribution in [2.24, 2.45) is 0 Å². The molecule has 1 aromatic heterocycles. The molecule has 156 valence electrons. The first-order valence-corrected chi connectivity index (χ1v) is 11.0. The van der Waals surface area contributed by atoms with Crippen molar-refractivity contribution in [1.29, 1.82) is 0 Å². The summed E-state index contributed by atoms with van der Waals surface area (Å²) in [4.78, 5) is 17.2. The number of nitrogens with one attached hydrogen (secondary N) is 2. The molecule has 0 unspecified atom stereocenters. The minimum Gasteiger partial charge on any atom is -0.495 e. The van der Waals surface area contributed by atoms with Crippen LogP contribution >= 0.6 is 23.6 Å². The van der Waals surface area contributed by atoms with Crippen molar-refractivity contribution >= 4 is 50.5 Å². The van der Waals surface area contributed by atoms with E-state index in [4.69, 9.17) is 21.9 Å². The first kappa shape index (κ1) is 21.0. The molecule has 4 rings (SSSR count). The molecule has 0 bridgehead atoms. The molecule has 0 fully saturated rings. The fourth-order valence-electron chi connectivity index (χ4n) is 3.16. The number of rotatable bonds is 5. The lowest BCUT2D eigenvalue weighted by Gasteiger charge is -2.14. The minimum absolute atomic E-state index is 0.198. The predicted molar refractivity (Wildman–Crippen MR) is 131 cm³/mol. The van der Waals surface area contributed by atoms with Gasteiger partial charge in [-0.2, -0.15) is 0 Å². The molecule has 0 aliphatic heterocycles. The number of hydrogen-bond acceptors (Lipinski definition) is 5. The Morgan fingerprint density at radius 2 is 1.87 bits per heavy atom. The van der Waals surface area contributed by atoms with Gasteiger partial charge in [-0.15, -0.1) is 11.3 Å². The van der Waals surface area contributed by atoms with E-state index in [1.54, 1.807) is 30.6 Å². The number of anilines is 1. The highest BCUT2D eigenvalue weighted by molar-refractivity contribution is 7.80. The number of fused-ring (bicyclic) bond motifs is 1. The summed E-state index contributed by atoms with van der Waals surface area (Å²) in [6, 6.07) is 21.2. The number of aromatic nitrogens is 1. The number of benzene rings is 3. The Bertz CT molecular complexity index is 1220. The third kappa shape index (κ3) is 4.73. The van der Waals surface area contributed by atoms with Crippen molar-refractivity contribution < 1.29 is 9.53 Å². The first-order chi connectivity index (χ1) is 15.1. The largest absolute Gasteiger partial charge is 0.495 e. The van der Waals surface area contributed by atoms with Crippen LogP contribution in [0.2, 0.25) is 0 Å². The van der Waals surface area contributed by atoms with Crippen LogP contribution in [0.1, 0.15) is 22.8 Å². The van der Waals surface area contributed by atoms with Crippen molar-refractivity contribution in [2.75, 3.05) is 12.4 Å². The number of para-hydroxylation sites is 1. The summed E-state index contributed by atoms with van der Waals surface area (Å²) in [5, 5.41) is 6.91. The first-order valence-electron chi connectivity index (χ1n) is 9.82. The SMILES string of the molecule is CCc1ccc(C(=O)NC(=S)Nc2cc(-c3nc4ccccc4s3)ccc2OC)cc1. The molecule has 0 aliphatic rings. The number of aryl methyl sites for hydroxylation is 1. The molecule has 2 N–H and O–H groups in total. The van der Waals surface area contributed by atoms with Crippen molar-refractivity contribution in [1.82, 2.24) is 10.3 Å². The second kappa shape index (κ2) is 9.24. The van der Waals surface area contributed by atoms with Gasteiger partial charge in [0.25, 0.3) is 5.91 Å². The summed E-state index contributed by atoms with van der Waals surface area (Å²) >= 11 is 6.99. The van der Waals surface area contributed by atoms with Gasteiger partial charge in [0.2, 0.25) is 0 Å². The van der Waals surface area contributed by atoms with Crippen LogP contribution in [0.4, 0.5) is 5.69 Å². The number of nitrogens with zero attached hydrogens (tertiary/aromatic N) is 1. The Morgan fingerprint density at radius 1 is 1.10 bits per heavy atom. The van der Waals surface area contributed by atoms with Crippen LogP contribution in [-0.4, -0.2) is 23.1 Å². The standard InChI is InChI=1S/C24H21N3O2S2/c1-3-15-8-10-16(11-9-15)22(28)27-24(30)26-19-14-17(12-13-20(19)29-2)23-25-18-6-4-5-7-21(18)31-23/h4-14H,3H2,1-2H3,(H2,26,27,28,30). The number of thiazole rings is 1. The number of carbonyl (C=O) groups excluding carboxylic acids is 1. The average molecular weight is 448 g/mol. The van der Waals surface area contributed by atoms with Crippen LogP contribution in [0.3, 0.4) is 0 Å². The van der Waals surface area contributed by atoms with E-state index >= 15 is 0 Å². The maximum Gasteiger partial charge on any atom is 0.257 e. The molecular formula is C24H21N3O2S2. The van der Waals surface area contributed by atoms with E-state index in [1.807, 2.05) is 48.5 Å². The van der Waals surface area contributed by atoms with Crippen molar-refractivity contribution in [2.45, 2.75) is 13.3 Å². The second-order valence-corrected chi connectivity index (χ2v) is 8.30. The lowest BCUT2D eigenvalue weighted by Crippen LogP contribution is -2.34. The number of amides is 1. The molecule has 7 heteroatoms. The third-order valence-electron chi connectivity index (χ3n) is 4.84. The van der Waals surface area contributed by atoms with Crippen LogP contribution in [-0.2, 0) is 6.42 Å². The van der Waals surface area contributed by atoms with Crippen LogP contribution in [0.25, 0.3) is 20.8 Å². The van der Waals surface area contributed by atoms with Crippen molar-refractivity contribution in [3.63, 3.8) is 0 Å². The Hall–Kier alpha value is -3.29. The van der Waals surface area contributed by atoms with Gasteiger partial charge in [-0.1, -0.05) is 31.2 Å². The number of carbonyl (C=O) groups is 1. The van der Waals surface area contributed by atoms with Gasteiger partial charge >= 0.3 is 0 Å². The molecule has 31 heavy (non-hydrogen) atoms. The Morgan fingerprint density at radius 3 is 2.58 bits per heavy atom. The van der Waals surface area contributed by atoms with E-state index in [2.05, 4.69) is 23.6 Å². The van der Waals surface area contributed by atoms with Gasteiger partial charge in [0.15, 0.2) is 5.11 Å². The van der Waals surface area contributed by atoms with Gasteiger partial charge in [-0.3, -0.25) is 10.1 Å². The highest BCUT2D eigenvalue weighted by atomic mass is 32.1. The highest BCUT2D eigenvalue weighted by Gasteiger charge is 2.13. The topological polar surface area (TPSA) is 63.2 Å². The molecule has 0 radical (unpaired) electrons. The molecular weight excluding hydrogens is 426 g/mol. The van der Waals surface area contributed by atoms with Crippen LogP contribution in [0, 0.1) is 0 Å². The quantitative estimate of drug-likeness (QED) is 0.387. The van der Waals surface area contributed by atoms with Crippen molar-refractivity contribution in [3.05, 3.63) is 77.9 Å². The Labute approximate surface area is 190 Å². The number of hydrogen-bond donors (Lipinski definition) is 2. The van der Waals surface area contributed by atoms with E-state index in [0.717, 1.165) is 27.2 Å². The minimum atomic E-state index is -0.263. The molecule has 0 saturated heterocycles. The molecule has 5 nitrogen and oxygen atoms in total. The van der Waals surface area contributed by atoms with Gasteiger partial charge in [0.05, 0.1) is 23.0 Å². The second-order valence-electron chi connectivity index (χ2n) is 6.86. The van der Waals surface area contributed by atoms with Gasteiger partial charge in [0.1, 0.15) is 10.8 Å². The monoisotopic (exact) mass is 447 g/mol. The lowest BCUT2D eigenvalue weighted by molar-refractivity contribution is 0.0977. The van der Waals surface area contributed by atoms with E-state index in [-0.39, 0.29) is 11.0 Å². The smallest absolute Gasteiger partial charge is 0.257 e. The summed E-state index contributed by atoms with van der Waals surface area (Å²) in [7, 11) is 1.59. The molecule has 1 amide bonds. The van der Waals surface area contributed by atoms with E-state index in [9.17, 15) is 4.79 Å². The molecule has 0 atom stereocenters. The van der Waals surface area contributed by atoms with Gasteiger partial charge < -0.3 is 10.1 Å². The fourth-order valence-corrected chi connectivity index (χ4v) is 4.32. The summed E-state index contributed by atoms with van der Waals surface area (Å²) < 4.78 is 6.58. The molecule has 0 spiro atoms. The third-order valence-corrected chi connectivity index (χ3v) is 6.13. The molecule has 4 aromatic rings. The summed E-state index contributed by atoms with van der Waals surface area (Å²) in [5.41, 5.74) is 4.29. The Kier molecular flexibility index (Phi) is 6.25. The molecule has 3 aromatic carbocycles. The van der Waals surface area contributed by atoms with Gasteiger partial charge in [-0.05, 0) is 66.7 Å². The normalized spacial score (nSPS) is 10.6. The summed E-state index contributed by atoms with van der Waals surface area (Å²) in [6.45, 7) is 2.07. The fraction of sp³-hybridized carbons (Fsp3) is 0.125. The molecule has 0 aliphatic carbocycles. The van der Waals surface area contributed by atoms with E-state index in [1.165, 1.54) is 5.56 Å².